The number of aromatic nitrogens is 1. The molecule has 0 aromatic carbocycles. The minimum atomic E-state index is -0.291. The van der Waals surface area contributed by atoms with E-state index in [1.807, 2.05) is 0 Å². The summed E-state index contributed by atoms with van der Waals surface area (Å²) in [5.74, 6) is 5.37. The summed E-state index contributed by atoms with van der Waals surface area (Å²) in [6, 6.07) is 3.16. The maximum Gasteiger partial charge on any atom is 0.274 e. The number of amides is 1. The Labute approximate surface area is 123 Å². The maximum atomic E-state index is 12.4. The van der Waals surface area contributed by atoms with Crippen molar-refractivity contribution in [2.75, 3.05) is 45.9 Å². The van der Waals surface area contributed by atoms with E-state index in [1.54, 1.807) is 31.3 Å². The molecule has 0 unspecified atom stereocenters. The average Bonchev–Trinajstić information content (AvgIpc) is 2.47. The van der Waals surface area contributed by atoms with Gasteiger partial charge in [0.25, 0.3) is 5.91 Å². The molecule has 0 aliphatic heterocycles. The van der Waals surface area contributed by atoms with Gasteiger partial charge >= 0.3 is 0 Å². The van der Waals surface area contributed by atoms with Crippen LogP contribution in [0.4, 0.5) is 5.82 Å². The molecular formula is C12H19ClN4O3. The van der Waals surface area contributed by atoms with Gasteiger partial charge in [-0.3, -0.25) is 4.79 Å². The highest BCUT2D eigenvalue weighted by atomic mass is 35.5. The number of ether oxygens (including phenoxy) is 2. The van der Waals surface area contributed by atoms with Crippen LogP contribution in [-0.4, -0.2) is 56.3 Å². The van der Waals surface area contributed by atoms with Crippen LogP contribution in [0.1, 0.15) is 10.5 Å². The molecule has 1 amide bonds. The van der Waals surface area contributed by atoms with E-state index in [2.05, 4.69) is 10.4 Å². The van der Waals surface area contributed by atoms with Crippen molar-refractivity contribution in [1.82, 2.24) is 9.88 Å². The summed E-state index contributed by atoms with van der Waals surface area (Å²) in [4.78, 5) is 18.1. The van der Waals surface area contributed by atoms with Crippen LogP contribution in [-0.2, 0) is 9.47 Å². The number of rotatable bonds is 8. The normalized spacial score (nSPS) is 10.4. The monoisotopic (exact) mass is 302 g/mol. The molecule has 20 heavy (non-hydrogen) atoms. The van der Waals surface area contributed by atoms with Crippen LogP contribution in [0.25, 0.3) is 0 Å². The smallest absolute Gasteiger partial charge is 0.274 e. The van der Waals surface area contributed by atoms with Gasteiger partial charge in [-0.25, -0.2) is 10.8 Å². The molecule has 0 aliphatic carbocycles. The van der Waals surface area contributed by atoms with E-state index in [1.165, 1.54) is 0 Å². The van der Waals surface area contributed by atoms with Gasteiger partial charge in [0.05, 0.1) is 18.2 Å². The first-order valence-corrected chi connectivity index (χ1v) is 6.42. The molecule has 1 heterocycles. The third-order valence-corrected chi connectivity index (χ3v) is 2.92. The van der Waals surface area contributed by atoms with Crippen LogP contribution in [0.15, 0.2) is 12.1 Å². The Bertz CT molecular complexity index is 437. The Kier molecular flexibility index (Phi) is 7.24. The number of hydrogen-bond donors (Lipinski definition) is 2. The van der Waals surface area contributed by atoms with Crippen molar-refractivity contribution in [1.29, 1.82) is 0 Å². The number of nitrogen functional groups attached to an aromatic ring is 1. The first-order valence-electron chi connectivity index (χ1n) is 6.04. The number of nitrogens with two attached hydrogens (primary N) is 1. The number of carbonyl (C=O) groups is 1. The molecule has 7 nitrogen and oxygen atoms in total. The summed E-state index contributed by atoms with van der Waals surface area (Å²) in [7, 11) is 3.15. The summed E-state index contributed by atoms with van der Waals surface area (Å²) in [6.45, 7) is 1.69. The molecule has 0 bridgehead atoms. The van der Waals surface area contributed by atoms with Gasteiger partial charge in [-0.2, -0.15) is 0 Å². The summed E-state index contributed by atoms with van der Waals surface area (Å²) in [5.41, 5.74) is 2.53. The van der Waals surface area contributed by atoms with Gasteiger partial charge < -0.3 is 19.8 Å². The quantitative estimate of drug-likeness (QED) is 0.544. The Morgan fingerprint density at radius 1 is 1.35 bits per heavy atom. The third-order valence-electron chi connectivity index (χ3n) is 2.61. The van der Waals surface area contributed by atoms with Gasteiger partial charge in [0.15, 0.2) is 0 Å². The number of carbonyl (C=O) groups excluding carboxylic acids is 1. The molecule has 1 rings (SSSR count). The van der Waals surface area contributed by atoms with Crippen molar-refractivity contribution in [2.45, 2.75) is 0 Å². The number of nitrogens with one attached hydrogen (secondary N) is 1. The van der Waals surface area contributed by atoms with Gasteiger partial charge in [-0.15, -0.1) is 0 Å². The topological polar surface area (TPSA) is 89.7 Å². The van der Waals surface area contributed by atoms with Crippen molar-refractivity contribution in [3.63, 3.8) is 0 Å². The van der Waals surface area contributed by atoms with Gasteiger partial charge in [0, 0.05) is 27.3 Å². The minimum Gasteiger partial charge on any atom is -0.383 e. The van der Waals surface area contributed by atoms with Crippen LogP contribution in [0, 0.1) is 0 Å². The molecule has 0 saturated carbocycles. The molecule has 8 heteroatoms. The maximum absolute atomic E-state index is 12.4. The Hall–Kier alpha value is -1.41. The predicted octanol–water partition coefficient (Wildman–Crippen LogP) is 0.756. The number of methoxy groups -OCH3 is 2. The van der Waals surface area contributed by atoms with E-state index >= 15 is 0 Å². The lowest BCUT2D eigenvalue weighted by Gasteiger charge is -2.22. The van der Waals surface area contributed by atoms with E-state index in [0.29, 0.717) is 32.1 Å². The van der Waals surface area contributed by atoms with Crippen molar-refractivity contribution in [3.05, 3.63) is 22.8 Å². The molecule has 0 radical (unpaired) electrons. The van der Waals surface area contributed by atoms with Gasteiger partial charge in [0.1, 0.15) is 11.5 Å². The average molecular weight is 303 g/mol. The zero-order valence-corrected chi connectivity index (χ0v) is 12.3. The highest BCUT2D eigenvalue weighted by molar-refractivity contribution is 6.33. The minimum absolute atomic E-state index is 0.148. The standard InChI is InChI=1S/C12H19ClN4O3/c1-19-7-5-17(6-8-20-2)12(18)11-9(13)3-4-10(15-11)16-14/h3-4H,5-8,14H2,1-2H3,(H,15,16). The van der Waals surface area contributed by atoms with Crippen molar-refractivity contribution < 1.29 is 14.3 Å². The van der Waals surface area contributed by atoms with Gasteiger partial charge in [-0.05, 0) is 12.1 Å². The molecule has 0 atom stereocenters. The summed E-state index contributed by atoms with van der Waals surface area (Å²) in [5, 5.41) is 0.272. The third kappa shape index (κ3) is 4.61. The lowest BCUT2D eigenvalue weighted by Crippen LogP contribution is -2.37. The Morgan fingerprint density at radius 2 is 1.95 bits per heavy atom. The molecule has 1 aromatic rings. The summed E-state index contributed by atoms with van der Waals surface area (Å²) in [6.07, 6.45) is 0. The SMILES string of the molecule is COCCN(CCOC)C(=O)c1nc(NN)ccc1Cl. The molecule has 0 aliphatic rings. The highest BCUT2D eigenvalue weighted by Crippen LogP contribution is 2.18. The van der Waals surface area contributed by atoms with Crippen molar-refractivity contribution in [3.8, 4) is 0 Å². The fourth-order valence-corrected chi connectivity index (χ4v) is 1.73. The van der Waals surface area contributed by atoms with Crippen molar-refractivity contribution >= 4 is 23.3 Å². The Balaban J connectivity index is 2.91. The van der Waals surface area contributed by atoms with Crippen LogP contribution in [0.3, 0.4) is 0 Å². The summed E-state index contributed by atoms with van der Waals surface area (Å²) >= 11 is 6.02. The van der Waals surface area contributed by atoms with Crippen LogP contribution < -0.4 is 11.3 Å². The number of hydrogen-bond acceptors (Lipinski definition) is 6. The van der Waals surface area contributed by atoms with E-state index < -0.39 is 0 Å². The van der Waals surface area contributed by atoms with Crippen LogP contribution in [0.2, 0.25) is 5.02 Å². The van der Waals surface area contributed by atoms with E-state index in [9.17, 15) is 4.79 Å². The molecule has 3 N–H and O–H groups in total. The lowest BCUT2D eigenvalue weighted by atomic mass is 10.3. The zero-order chi connectivity index (χ0) is 15.0. The lowest BCUT2D eigenvalue weighted by molar-refractivity contribution is 0.0622. The van der Waals surface area contributed by atoms with Crippen LogP contribution >= 0.6 is 11.6 Å². The number of pyridine rings is 1. The number of anilines is 1. The van der Waals surface area contributed by atoms with Crippen molar-refractivity contribution in [2.24, 2.45) is 5.84 Å². The first-order chi connectivity index (χ1) is 9.63. The fraction of sp³-hybridized carbons (Fsp3) is 0.500. The molecule has 0 fully saturated rings. The number of nitrogens with zero attached hydrogens (tertiary/aromatic N) is 2. The second-order valence-corrected chi connectivity index (χ2v) is 4.36. The second kappa shape index (κ2) is 8.70. The largest absolute Gasteiger partial charge is 0.383 e. The Morgan fingerprint density at radius 3 is 2.45 bits per heavy atom. The molecule has 0 saturated heterocycles. The zero-order valence-electron chi connectivity index (χ0n) is 11.6. The second-order valence-electron chi connectivity index (χ2n) is 3.95. The molecule has 1 aromatic heterocycles. The predicted molar refractivity (Wildman–Crippen MR) is 76.7 cm³/mol. The summed E-state index contributed by atoms with van der Waals surface area (Å²) < 4.78 is 9.99. The molecule has 112 valence electrons. The van der Waals surface area contributed by atoms with E-state index in [4.69, 9.17) is 26.9 Å². The number of hydrazine groups is 1. The molecular weight excluding hydrogens is 284 g/mol. The molecule has 0 spiro atoms. The van der Waals surface area contributed by atoms with Gasteiger partial charge in [-0.1, -0.05) is 11.6 Å². The first kappa shape index (κ1) is 16.6. The van der Waals surface area contributed by atoms with Gasteiger partial charge in [0.2, 0.25) is 0 Å². The van der Waals surface area contributed by atoms with E-state index in [0.717, 1.165) is 0 Å². The van der Waals surface area contributed by atoms with Crippen LogP contribution in [0.5, 0.6) is 0 Å². The fourth-order valence-electron chi connectivity index (χ4n) is 1.54. The number of halogens is 1. The highest BCUT2D eigenvalue weighted by Gasteiger charge is 2.20. The van der Waals surface area contributed by atoms with E-state index in [-0.39, 0.29) is 16.6 Å².